The van der Waals surface area contributed by atoms with Gasteiger partial charge in [-0.2, -0.15) is 0 Å². The van der Waals surface area contributed by atoms with Crippen molar-refractivity contribution in [3.63, 3.8) is 0 Å². The topological polar surface area (TPSA) is 84.7 Å². The molecule has 0 saturated heterocycles. The van der Waals surface area contributed by atoms with Crippen molar-refractivity contribution in [2.45, 2.75) is 19.8 Å². The smallest absolute Gasteiger partial charge is 0.237 e. The number of primary amides is 1. The number of rotatable bonds is 10. The minimum absolute atomic E-state index is 0. The standard InChI is InChI=1S/C11H23N3O3.ClH/c1-3-4-6-14(9-10(12)15)11(16)8-13-5-7-17-2;/h13H,3-9H2,1-2H3,(H2,12,15);1H. The number of hydrogen-bond acceptors (Lipinski definition) is 4. The molecule has 0 aromatic heterocycles. The highest BCUT2D eigenvalue weighted by atomic mass is 35.5. The summed E-state index contributed by atoms with van der Waals surface area (Å²) < 4.78 is 4.85. The summed E-state index contributed by atoms with van der Waals surface area (Å²) in [6, 6.07) is 0. The van der Waals surface area contributed by atoms with E-state index in [1.165, 1.54) is 4.90 Å². The monoisotopic (exact) mass is 281 g/mol. The number of amides is 2. The van der Waals surface area contributed by atoms with E-state index in [4.69, 9.17) is 10.5 Å². The Morgan fingerprint density at radius 2 is 2.06 bits per heavy atom. The maximum Gasteiger partial charge on any atom is 0.237 e. The zero-order valence-electron chi connectivity index (χ0n) is 11.1. The van der Waals surface area contributed by atoms with E-state index in [0.29, 0.717) is 19.7 Å². The fraction of sp³-hybridized carbons (Fsp3) is 0.818. The highest BCUT2D eigenvalue weighted by Gasteiger charge is 2.14. The van der Waals surface area contributed by atoms with Crippen LogP contribution in [0.15, 0.2) is 0 Å². The third kappa shape index (κ3) is 10.3. The third-order valence-corrected chi connectivity index (χ3v) is 2.24. The molecule has 18 heavy (non-hydrogen) atoms. The van der Waals surface area contributed by atoms with Crippen LogP contribution < -0.4 is 11.1 Å². The number of methoxy groups -OCH3 is 1. The van der Waals surface area contributed by atoms with Gasteiger partial charge in [-0.25, -0.2) is 0 Å². The van der Waals surface area contributed by atoms with Crippen LogP contribution in [0.2, 0.25) is 0 Å². The molecule has 0 aromatic rings. The summed E-state index contributed by atoms with van der Waals surface area (Å²) >= 11 is 0. The number of nitrogens with two attached hydrogens (primary N) is 1. The van der Waals surface area contributed by atoms with Gasteiger partial charge in [0, 0.05) is 20.2 Å². The summed E-state index contributed by atoms with van der Waals surface area (Å²) in [4.78, 5) is 24.1. The molecule has 108 valence electrons. The second-order valence-electron chi connectivity index (χ2n) is 3.80. The van der Waals surface area contributed by atoms with Crippen molar-refractivity contribution in [1.29, 1.82) is 0 Å². The van der Waals surface area contributed by atoms with Crippen molar-refractivity contribution in [3.05, 3.63) is 0 Å². The van der Waals surface area contributed by atoms with Gasteiger partial charge < -0.3 is 20.7 Å². The Bertz CT molecular complexity index is 240. The van der Waals surface area contributed by atoms with Gasteiger partial charge >= 0.3 is 0 Å². The maximum atomic E-state index is 11.8. The average Bonchev–Trinajstić information content (AvgIpc) is 2.29. The Hall–Kier alpha value is -0.850. The lowest BCUT2D eigenvalue weighted by molar-refractivity contribution is -0.134. The van der Waals surface area contributed by atoms with Gasteiger partial charge in [0.05, 0.1) is 19.7 Å². The Morgan fingerprint density at radius 3 is 2.56 bits per heavy atom. The van der Waals surface area contributed by atoms with E-state index in [1.54, 1.807) is 7.11 Å². The number of nitrogens with zero attached hydrogens (tertiary/aromatic N) is 1. The van der Waals surface area contributed by atoms with Crippen LogP contribution in [0.5, 0.6) is 0 Å². The first-order chi connectivity index (χ1) is 8.11. The number of carbonyl (C=O) groups is 2. The molecule has 0 spiro atoms. The van der Waals surface area contributed by atoms with Gasteiger partial charge in [0.1, 0.15) is 0 Å². The molecule has 0 fully saturated rings. The molecule has 0 heterocycles. The molecular weight excluding hydrogens is 258 g/mol. The van der Waals surface area contributed by atoms with E-state index in [0.717, 1.165) is 12.8 Å². The molecule has 0 radical (unpaired) electrons. The van der Waals surface area contributed by atoms with E-state index in [2.05, 4.69) is 5.32 Å². The first kappa shape index (κ1) is 19.5. The molecule has 0 aliphatic heterocycles. The Kier molecular flexibility index (Phi) is 13.6. The van der Waals surface area contributed by atoms with Gasteiger partial charge in [-0.1, -0.05) is 13.3 Å². The SMILES string of the molecule is CCCCN(CC(N)=O)C(=O)CNCCOC.Cl. The fourth-order valence-corrected chi connectivity index (χ4v) is 1.31. The first-order valence-electron chi connectivity index (χ1n) is 5.87. The molecule has 0 rings (SSSR count). The molecule has 0 bridgehead atoms. The Balaban J connectivity index is 0. The third-order valence-electron chi connectivity index (χ3n) is 2.24. The molecule has 3 N–H and O–H groups in total. The zero-order chi connectivity index (χ0) is 13.1. The summed E-state index contributed by atoms with van der Waals surface area (Å²) in [5, 5.41) is 2.95. The molecule has 0 aromatic carbocycles. The highest BCUT2D eigenvalue weighted by molar-refractivity contribution is 5.85. The molecule has 0 saturated carbocycles. The highest BCUT2D eigenvalue weighted by Crippen LogP contribution is 1.95. The van der Waals surface area contributed by atoms with Gasteiger partial charge in [-0.3, -0.25) is 9.59 Å². The van der Waals surface area contributed by atoms with Crippen LogP contribution in [-0.2, 0) is 14.3 Å². The van der Waals surface area contributed by atoms with Crippen molar-refractivity contribution in [2.75, 3.05) is 39.9 Å². The van der Waals surface area contributed by atoms with Crippen molar-refractivity contribution in [3.8, 4) is 0 Å². The van der Waals surface area contributed by atoms with E-state index in [9.17, 15) is 9.59 Å². The van der Waals surface area contributed by atoms with E-state index < -0.39 is 5.91 Å². The summed E-state index contributed by atoms with van der Waals surface area (Å²) in [5.41, 5.74) is 5.11. The van der Waals surface area contributed by atoms with Gasteiger partial charge in [0.25, 0.3) is 0 Å². The number of carbonyl (C=O) groups excluding carboxylic acids is 2. The van der Waals surface area contributed by atoms with E-state index in [1.807, 2.05) is 6.92 Å². The summed E-state index contributed by atoms with van der Waals surface area (Å²) in [6.45, 7) is 3.97. The van der Waals surface area contributed by atoms with E-state index >= 15 is 0 Å². The number of hydrogen-bond donors (Lipinski definition) is 2. The molecular formula is C11H24ClN3O3. The maximum absolute atomic E-state index is 11.8. The number of ether oxygens (including phenoxy) is 1. The van der Waals surface area contributed by atoms with Crippen LogP contribution in [0.3, 0.4) is 0 Å². The fourth-order valence-electron chi connectivity index (χ4n) is 1.31. The summed E-state index contributed by atoms with van der Waals surface area (Å²) in [7, 11) is 1.60. The van der Waals surface area contributed by atoms with Crippen LogP contribution in [0.1, 0.15) is 19.8 Å². The van der Waals surface area contributed by atoms with Crippen molar-refractivity contribution < 1.29 is 14.3 Å². The second-order valence-corrected chi connectivity index (χ2v) is 3.80. The second kappa shape index (κ2) is 12.6. The van der Waals surface area contributed by atoms with Crippen LogP contribution in [0.25, 0.3) is 0 Å². The van der Waals surface area contributed by atoms with Crippen molar-refractivity contribution >= 4 is 24.2 Å². The average molecular weight is 282 g/mol. The van der Waals surface area contributed by atoms with Crippen LogP contribution in [-0.4, -0.2) is 56.6 Å². The van der Waals surface area contributed by atoms with Gasteiger partial charge in [-0.15, -0.1) is 12.4 Å². The van der Waals surface area contributed by atoms with E-state index in [-0.39, 0.29) is 31.4 Å². The van der Waals surface area contributed by atoms with Crippen molar-refractivity contribution in [2.24, 2.45) is 5.73 Å². The molecule has 7 heteroatoms. The van der Waals surface area contributed by atoms with Crippen LogP contribution in [0.4, 0.5) is 0 Å². The normalized spacial score (nSPS) is 9.67. The Labute approximate surface area is 115 Å². The largest absolute Gasteiger partial charge is 0.383 e. The molecule has 0 atom stereocenters. The lowest BCUT2D eigenvalue weighted by Crippen LogP contribution is -2.43. The predicted molar refractivity (Wildman–Crippen MR) is 72.7 cm³/mol. The van der Waals surface area contributed by atoms with Gasteiger partial charge in [-0.05, 0) is 6.42 Å². The van der Waals surface area contributed by atoms with Crippen LogP contribution in [0, 0.1) is 0 Å². The quantitative estimate of drug-likeness (QED) is 0.541. The Morgan fingerprint density at radius 1 is 1.39 bits per heavy atom. The first-order valence-corrected chi connectivity index (χ1v) is 5.87. The zero-order valence-corrected chi connectivity index (χ0v) is 11.9. The molecule has 0 aliphatic rings. The van der Waals surface area contributed by atoms with Crippen molar-refractivity contribution in [1.82, 2.24) is 10.2 Å². The molecule has 2 amide bonds. The molecule has 0 unspecified atom stereocenters. The number of unbranched alkanes of at least 4 members (excludes halogenated alkanes) is 1. The predicted octanol–water partition coefficient (Wildman–Crippen LogP) is -0.242. The van der Waals surface area contributed by atoms with Gasteiger partial charge in [0.2, 0.25) is 11.8 Å². The number of nitrogens with one attached hydrogen (secondary N) is 1. The lowest BCUT2D eigenvalue weighted by Gasteiger charge is -2.21. The molecule has 6 nitrogen and oxygen atoms in total. The lowest BCUT2D eigenvalue weighted by atomic mass is 10.3. The van der Waals surface area contributed by atoms with Gasteiger partial charge in [0.15, 0.2) is 0 Å². The minimum atomic E-state index is -0.480. The summed E-state index contributed by atoms with van der Waals surface area (Å²) in [5.74, 6) is -0.584. The molecule has 0 aliphatic carbocycles. The minimum Gasteiger partial charge on any atom is -0.383 e. The number of halogens is 1. The van der Waals surface area contributed by atoms with Crippen LogP contribution >= 0.6 is 12.4 Å². The summed E-state index contributed by atoms with van der Waals surface area (Å²) in [6.07, 6.45) is 1.84.